The van der Waals surface area contributed by atoms with E-state index in [0.29, 0.717) is 5.69 Å². The molecule has 0 aliphatic carbocycles. The first kappa shape index (κ1) is 11.5. The third kappa shape index (κ3) is 2.96. The molecule has 1 unspecified atom stereocenters. The average molecular weight is 281 g/mol. The molecule has 0 aliphatic rings. The summed E-state index contributed by atoms with van der Waals surface area (Å²) >= 11 is 8.82. The van der Waals surface area contributed by atoms with E-state index < -0.39 is 5.82 Å². The molecule has 14 heavy (non-hydrogen) atoms. The quantitative estimate of drug-likeness (QED) is 0.828. The highest BCUT2D eigenvalue weighted by molar-refractivity contribution is 9.10. The number of anilines is 1. The fourth-order valence-electron chi connectivity index (χ4n) is 0.823. The van der Waals surface area contributed by atoms with Gasteiger partial charge in [-0.15, -0.1) is 0 Å². The molecule has 0 saturated carbocycles. The zero-order chi connectivity index (χ0) is 10.7. The van der Waals surface area contributed by atoms with Crippen LogP contribution < -0.4 is 5.32 Å². The number of amides is 1. The molecule has 0 radical (unpaired) electrons. The number of hydrogen-bond acceptors (Lipinski definition) is 1. The minimum atomic E-state index is -0.431. The maximum Gasteiger partial charge on any atom is 0.237 e. The van der Waals surface area contributed by atoms with Crippen molar-refractivity contribution in [3.63, 3.8) is 0 Å². The van der Waals surface area contributed by atoms with Gasteiger partial charge in [-0.3, -0.25) is 4.79 Å². The SMILES string of the molecule is CC(Br)C(=O)Nc1ccc(F)cc1Cl. The van der Waals surface area contributed by atoms with Crippen LogP contribution >= 0.6 is 27.5 Å². The molecular weight excluding hydrogens is 272 g/mol. The molecule has 1 atom stereocenters. The Kier molecular flexibility index (Phi) is 3.89. The van der Waals surface area contributed by atoms with Crippen molar-refractivity contribution in [2.45, 2.75) is 11.8 Å². The van der Waals surface area contributed by atoms with Gasteiger partial charge in [-0.25, -0.2) is 4.39 Å². The molecule has 0 aliphatic heterocycles. The Bertz CT molecular complexity index is 357. The van der Waals surface area contributed by atoms with Crippen molar-refractivity contribution in [2.75, 3.05) is 5.32 Å². The van der Waals surface area contributed by atoms with Crippen molar-refractivity contribution in [1.29, 1.82) is 0 Å². The summed E-state index contributed by atoms with van der Waals surface area (Å²) in [5.41, 5.74) is 0.407. The highest BCUT2D eigenvalue weighted by atomic mass is 79.9. The molecule has 0 bridgehead atoms. The highest BCUT2D eigenvalue weighted by Crippen LogP contribution is 2.22. The second-order valence-electron chi connectivity index (χ2n) is 2.73. The molecule has 1 amide bonds. The molecule has 0 saturated heterocycles. The lowest BCUT2D eigenvalue weighted by atomic mass is 10.3. The standard InChI is InChI=1S/C9H8BrClFNO/c1-5(10)9(14)13-8-3-2-6(12)4-7(8)11/h2-5H,1H3,(H,13,14). The van der Waals surface area contributed by atoms with Gasteiger partial charge >= 0.3 is 0 Å². The zero-order valence-electron chi connectivity index (χ0n) is 7.35. The van der Waals surface area contributed by atoms with E-state index in [1.165, 1.54) is 12.1 Å². The number of carbonyl (C=O) groups is 1. The summed E-state index contributed by atoms with van der Waals surface area (Å²) < 4.78 is 12.6. The number of alkyl halides is 1. The van der Waals surface area contributed by atoms with Crippen LogP contribution in [0.4, 0.5) is 10.1 Å². The number of carbonyl (C=O) groups excluding carboxylic acids is 1. The molecule has 1 rings (SSSR count). The molecule has 1 aromatic carbocycles. The van der Waals surface area contributed by atoms with Gasteiger partial charge in [-0.1, -0.05) is 27.5 Å². The van der Waals surface area contributed by atoms with Crippen molar-refractivity contribution in [3.8, 4) is 0 Å². The van der Waals surface area contributed by atoms with Crippen molar-refractivity contribution in [3.05, 3.63) is 29.0 Å². The lowest BCUT2D eigenvalue weighted by Crippen LogP contribution is -2.20. The van der Waals surface area contributed by atoms with Crippen LogP contribution in [0.15, 0.2) is 18.2 Å². The van der Waals surface area contributed by atoms with Crippen molar-refractivity contribution in [1.82, 2.24) is 0 Å². The van der Waals surface area contributed by atoms with E-state index in [9.17, 15) is 9.18 Å². The summed E-state index contributed by atoms with van der Waals surface area (Å²) in [7, 11) is 0. The van der Waals surface area contributed by atoms with Gasteiger partial charge in [0, 0.05) is 0 Å². The van der Waals surface area contributed by atoms with Crippen LogP contribution in [-0.2, 0) is 4.79 Å². The fraction of sp³-hybridized carbons (Fsp3) is 0.222. The Hall–Kier alpha value is -0.610. The predicted molar refractivity (Wildman–Crippen MR) is 58.4 cm³/mol. The van der Waals surface area contributed by atoms with Gasteiger partial charge in [0.25, 0.3) is 0 Å². The molecule has 1 aromatic rings. The van der Waals surface area contributed by atoms with Crippen LogP contribution in [0.2, 0.25) is 5.02 Å². The number of halogens is 3. The monoisotopic (exact) mass is 279 g/mol. The maximum atomic E-state index is 12.6. The Morgan fingerprint density at radius 1 is 1.64 bits per heavy atom. The predicted octanol–water partition coefficient (Wildman–Crippen LogP) is 3.20. The molecule has 0 heterocycles. The van der Waals surface area contributed by atoms with E-state index in [4.69, 9.17) is 11.6 Å². The van der Waals surface area contributed by atoms with Crippen LogP contribution in [0, 0.1) is 5.82 Å². The lowest BCUT2D eigenvalue weighted by molar-refractivity contribution is -0.115. The average Bonchev–Trinajstić information content (AvgIpc) is 2.09. The summed E-state index contributed by atoms with van der Waals surface area (Å²) in [6, 6.07) is 3.81. The molecule has 5 heteroatoms. The lowest BCUT2D eigenvalue weighted by Gasteiger charge is -2.08. The third-order valence-corrected chi connectivity index (χ3v) is 2.28. The van der Waals surface area contributed by atoms with E-state index in [-0.39, 0.29) is 15.8 Å². The Labute approximate surface area is 94.6 Å². The number of benzene rings is 1. The summed E-state index contributed by atoms with van der Waals surface area (Å²) in [5.74, 6) is -0.654. The van der Waals surface area contributed by atoms with Crippen molar-refractivity contribution < 1.29 is 9.18 Å². The first-order valence-corrected chi connectivity index (χ1v) is 5.20. The first-order chi connectivity index (χ1) is 6.50. The van der Waals surface area contributed by atoms with E-state index in [2.05, 4.69) is 21.2 Å². The Morgan fingerprint density at radius 2 is 2.29 bits per heavy atom. The zero-order valence-corrected chi connectivity index (χ0v) is 9.69. The van der Waals surface area contributed by atoms with Gasteiger partial charge in [-0.05, 0) is 25.1 Å². The maximum absolute atomic E-state index is 12.6. The van der Waals surface area contributed by atoms with Gasteiger partial charge in [0.05, 0.1) is 15.5 Å². The molecule has 1 N–H and O–H groups in total. The number of rotatable bonds is 2. The van der Waals surface area contributed by atoms with Crippen LogP contribution in [0.25, 0.3) is 0 Å². The van der Waals surface area contributed by atoms with Gasteiger partial charge < -0.3 is 5.32 Å². The fourth-order valence-corrected chi connectivity index (χ4v) is 1.15. The van der Waals surface area contributed by atoms with Crippen LogP contribution in [0.5, 0.6) is 0 Å². The molecular formula is C9H8BrClFNO. The number of nitrogens with one attached hydrogen (secondary N) is 1. The minimum Gasteiger partial charge on any atom is -0.324 e. The minimum absolute atomic E-state index is 0.187. The second kappa shape index (κ2) is 4.75. The second-order valence-corrected chi connectivity index (χ2v) is 4.51. The normalized spacial score (nSPS) is 12.3. The van der Waals surface area contributed by atoms with Gasteiger partial charge in [0.15, 0.2) is 0 Å². The molecule has 0 spiro atoms. The Balaban J connectivity index is 2.82. The molecule has 76 valence electrons. The summed E-state index contributed by atoms with van der Waals surface area (Å²) in [6.07, 6.45) is 0. The van der Waals surface area contributed by atoms with Gasteiger partial charge in [0.2, 0.25) is 5.91 Å². The summed E-state index contributed by atoms with van der Waals surface area (Å²) in [4.78, 5) is 10.9. The Morgan fingerprint density at radius 3 is 2.79 bits per heavy atom. The van der Waals surface area contributed by atoms with Gasteiger partial charge in [0.1, 0.15) is 5.82 Å². The van der Waals surface area contributed by atoms with Crippen molar-refractivity contribution >= 4 is 39.1 Å². The van der Waals surface area contributed by atoms with Crippen LogP contribution in [-0.4, -0.2) is 10.7 Å². The molecule has 0 fully saturated rings. The number of hydrogen-bond donors (Lipinski definition) is 1. The topological polar surface area (TPSA) is 29.1 Å². The molecule has 2 nitrogen and oxygen atoms in total. The van der Waals surface area contributed by atoms with E-state index in [1.54, 1.807) is 6.92 Å². The molecule has 0 aromatic heterocycles. The largest absolute Gasteiger partial charge is 0.324 e. The van der Waals surface area contributed by atoms with E-state index >= 15 is 0 Å². The summed E-state index contributed by atoms with van der Waals surface area (Å²) in [6.45, 7) is 1.69. The van der Waals surface area contributed by atoms with Gasteiger partial charge in [-0.2, -0.15) is 0 Å². The summed E-state index contributed by atoms with van der Waals surface area (Å²) in [5, 5.41) is 2.74. The van der Waals surface area contributed by atoms with Crippen LogP contribution in [0.1, 0.15) is 6.92 Å². The first-order valence-electron chi connectivity index (χ1n) is 3.90. The van der Waals surface area contributed by atoms with E-state index in [0.717, 1.165) is 6.07 Å². The van der Waals surface area contributed by atoms with E-state index in [1.807, 2.05) is 0 Å². The van der Waals surface area contributed by atoms with Crippen molar-refractivity contribution in [2.24, 2.45) is 0 Å². The smallest absolute Gasteiger partial charge is 0.237 e. The third-order valence-electron chi connectivity index (χ3n) is 1.55. The highest BCUT2D eigenvalue weighted by Gasteiger charge is 2.10. The van der Waals surface area contributed by atoms with Crippen LogP contribution in [0.3, 0.4) is 0 Å².